The lowest BCUT2D eigenvalue weighted by atomic mass is 10.1. The summed E-state index contributed by atoms with van der Waals surface area (Å²) in [6.45, 7) is 3.79. The highest BCUT2D eigenvalue weighted by Gasteiger charge is 2.12. The monoisotopic (exact) mass is 396 g/mol. The van der Waals surface area contributed by atoms with E-state index in [-0.39, 0.29) is 24.1 Å². The molecule has 0 saturated heterocycles. The van der Waals surface area contributed by atoms with Crippen molar-refractivity contribution in [2.45, 2.75) is 71.0 Å². The van der Waals surface area contributed by atoms with Gasteiger partial charge in [-0.25, -0.2) is 0 Å². The Bertz CT molecular complexity index is 664. The van der Waals surface area contributed by atoms with E-state index in [1.54, 1.807) is 0 Å². The maximum atomic E-state index is 11.9. The summed E-state index contributed by atoms with van der Waals surface area (Å²) in [6.07, 6.45) is 5.01. The second kappa shape index (κ2) is 12.8. The van der Waals surface area contributed by atoms with Crippen LogP contribution in [0.3, 0.4) is 0 Å². The van der Waals surface area contributed by atoms with Gasteiger partial charge in [0, 0.05) is 12.8 Å². The van der Waals surface area contributed by atoms with Crippen molar-refractivity contribution in [3.63, 3.8) is 0 Å². The molecule has 0 heterocycles. The van der Waals surface area contributed by atoms with E-state index in [0.29, 0.717) is 12.8 Å². The molecular formula is C25H32O4. The molecule has 0 aliphatic carbocycles. The maximum absolute atomic E-state index is 11.9. The van der Waals surface area contributed by atoms with Crippen LogP contribution >= 0.6 is 0 Å². The Balaban J connectivity index is 1.49. The van der Waals surface area contributed by atoms with Crippen molar-refractivity contribution in [1.82, 2.24) is 0 Å². The molecule has 0 spiro atoms. The fourth-order valence-electron chi connectivity index (χ4n) is 3.17. The van der Waals surface area contributed by atoms with Crippen LogP contribution in [0.5, 0.6) is 0 Å². The van der Waals surface area contributed by atoms with Crippen LogP contribution in [-0.4, -0.2) is 11.9 Å². The Morgan fingerprint density at radius 3 is 1.34 bits per heavy atom. The predicted molar refractivity (Wildman–Crippen MR) is 114 cm³/mol. The standard InChI is InChI=1S/C25H32O4/c1-20(22-14-8-6-9-15-22)28-24(26)18-12-4-3-5-13-19-25(27)29-21(2)23-16-10-7-11-17-23/h6-11,14-17,20-21H,3-5,12-13,18-19H2,1-2H3. The van der Waals surface area contributed by atoms with Gasteiger partial charge in [0.15, 0.2) is 0 Å². The number of rotatable bonds is 12. The second-order valence-corrected chi connectivity index (χ2v) is 7.35. The van der Waals surface area contributed by atoms with Gasteiger partial charge in [0.25, 0.3) is 0 Å². The molecule has 2 aromatic carbocycles. The molecule has 2 rings (SSSR count). The van der Waals surface area contributed by atoms with Gasteiger partial charge in [0.05, 0.1) is 0 Å². The summed E-state index contributed by atoms with van der Waals surface area (Å²) in [6, 6.07) is 19.5. The van der Waals surface area contributed by atoms with E-state index in [1.165, 1.54) is 0 Å². The molecule has 4 heteroatoms. The highest BCUT2D eigenvalue weighted by molar-refractivity contribution is 5.70. The number of carbonyl (C=O) groups is 2. The second-order valence-electron chi connectivity index (χ2n) is 7.35. The Morgan fingerprint density at radius 1 is 0.621 bits per heavy atom. The van der Waals surface area contributed by atoms with Crippen molar-refractivity contribution in [3.05, 3.63) is 71.8 Å². The molecule has 4 nitrogen and oxygen atoms in total. The fraction of sp³-hybridized carbons (Fsp3) is 0.440. The summed E-state index contributed by atoms with van der Waals surface area (Å²) in [5.74, 6) is -0.306. The molecule has 156 valence electrons. The molecular weight excluding hydrogens is 364 g/mol. The van der Waals surface area contributed by atoms with Crippen LogP contribution < -0.4 is 0 Å². The summed E-state index contributed by atoms with van der Waals surface area (Å²) >= 11 is 0. The third kappa shape index (κ3) is 8.95. The maximum Gasteiger partial charge on any atom is 0.306 e. The van der Waals surface area contributed by atoms with E-state index in [9.17, 15) is 9.59 Å². The number of benzene rings is 2. The van der Waals surface area contributed by atoms with Crippen LogP contribution in [0.15, 0.2) is 60.7 Å². The lowest BCUT2D eigenvalue weighted by Crippen LogP contribution is -2.09. The molecule has 2 unspecified atom stereocenters. The molecule has 0 radical (unpaired) electrons. The summed E-state index contributed by atoms with van der Waals surface area (Å²) in [4.78, 5) is 23.9. The van der Waals surface area contributed by atoms with E-state index < -0.39 is 0 Å². The fourth-order valence-corrected chi connectivity index (χ4v) is 3.17. The number of carbonyl (C=O) groups excluding carboxylic acids is 2. The first-order chi connectivity index (χ1) is 14.1. The molecule has 0 saturated carbocycles. The van der Waals surface area contributed by atoms with E-state index in [0.717, 1.165) is 43.2 Å². The molecule has 0 aliphatic rings. The van der Waals surface area contributed by atoms with Gasteiger partial charge in [-0.05, 0) is 37.8 Å². The van der Waals surface area contributed by atoms with Crippen LogP contribution in [0.25, 0.3) is 0 Å². The average Bonchev–Trinajstić information content (AvgIpc) is 2.74. The third-order valence-corrected chi connectivity index (χ3v) is 4.92. The quantitative estimate of drug-likeness (QED) is 0.311. The van der Waals surface area contributed by atoms with Crippen molar-refractivity contribution < 1.29 is 19.1 Å². The van der Waals surface area contributed by atoms with Gasteiger partial charge >= 0.3 is 11.9 Å². The van der Waals surface area contributed by atoms with Gasteiger partial charge in [0.2, 0.25) is 0 Å². The van der Waals surface area contributed by atoms with E-state index in [4.69, 9.17) is 9.47 Å². The van der Waals surface area contributed by atoms with Gasteiger partial charge in [-0.15, -0.1) is 0 Å². The highest BCUT2D eigenvalue weighted by atomic mass is 16.5. The molecule has 29 heavy (non-hydrogen) atoms. The zero-order chi connectivity index (χ0) is 20.9. The van der Waals surface area contributed by atoms with Crippen molar-refractivity contribution in [3.8, 4) is 0 Å². The minimum Gasteiger partial charge on any atom is -0.458 e. The van der Waals surface area contributed by atoms with Crippen LogP contribution in [0, 0.1) is 0 Å². The van der Waals surface area contributed by atoms with Crippen LogP contribution in [0.4, 0.5) is 0 Å². The number of hydrogen-bond donors (Lipinski definition) is 0. The van der Waals surface area contributed by atoms with E-state index >= 15 is 0 Å². The van der Waals surface area contributed by atoms with Crippen LogP contribution in [0.2, 0.25) is 0 Å². The topological polar surface area (TPSA) is 52.6 Å². The Kier molecular flexibility index (Phi) is 9.98. The summed E-state index contributed by atoms with van der Waals surface area (Å²) < 4.78 is 10.9. The minimum absolute atomic E-state index is 0.153. The minimum atomic E-state index is -0.215. The van der Waals surface area contributed by atoms with Crippen molar-refractivity contribution in [2.24, 2.45) is 0 Å². The largest absolute Gasteiger partial charge is 0.458 e. The normalized spacial score (nSPS) is 12.8. The lowest BCUT2D eigenvalue weighted by molar-refractivity contribution is -0.149. The zero-order valence-corrected chi connectivity index (χ0v) is 17.5. The van der Waals surface area contributed by atoms with Crippen molar-refractivity contribution >= 4 is 11.9 Å². The molecule has 0 aromatic heterocycles. The number of ether oxygens (including phenoxy) is 2. The number of unbranched alkanes of at least 4 members (excludes halogenated alkanes) is 4. The summed E-state index contributed by atoms with van der Waals surface area (Å²) in [5.41, 5.74) is 2.02. The van der Waals surface area contributed by atoms with Crippen molar-refractivity contribution in [2.75, 3.05) is 0 Å². The Hall–Kier alpha value is -2.62. The van der Waals surface area contributed by atoms with Gasteiger partial charge in [-0.3, -0.25) is 9.59 Å². The van der Waals surface area contributed by atoms with Gasteiger partial charge in [-0.1, -0.05) is 79.9 Å². The predicted octanol–water partition coefficient (Wildman–Crippen LogP) is 6.33. The summed E-state index contributed by atoms with van der Waals surface area (Å²) in [5, 5.41) is 0. The van der Waals surface area contributed by atoms with Crippen LogP contribution in [0.1, 0.15) is 82.1 Å². The molecule has 0 bridgehead atoms. The molecule has 0 N–H and O–H groups in total. The van der Waals surface area contributed by atoms with Crippen molar-refractivity contribution in [1.29, 1.82) is 0 Å². The first-order valence-corrected chi connectivity index (χ1v) is 10.5. The first kappa shape index (κ1) is 22.7. The van der Waals surface area contributed by atoms with E-state index in [1.807, 2.05) is 74.5 Å². The first-order valence-electron chi connectivity index (χ1n) is 10.5. The molecule has 2 atom stereocenters. The number of esters is 2. The SMILES string of the molecule is CC(OC(=O)CCCCCCCC(=O)OC(C)c1ccccc1)c1ccccc1. The third-order valence-electron chi connectivity index (χ3n) is 4.92. The average molecular weight is 397 g/mol. The van der Waals surface area contributed by atoms with Gasteiger partial charge in [0.1, 0.15) is 12.2 Å². The smallest absolute Gasteiger partial charge is 0.306 e. The molecule has 2 aromatic rings. The van der Waals surface area contributed by atoms with E-state index in [2.05, 4.69) is 0 Å². The highest BCUT2D eigenvalue weighted by Crippen LogP contribution is 2.19. The molecule has 0 fully saturated rings. The molecule has 0 aliphatic heterocycles. The Morgan fingerprint density at radius 2 is 0.966 bits per heavy atom. The van der Waals surface area contributed by atoms with Crippen LogP contribution in [-0.2, 0) is 19.1 Å². The number of hydrogen-bond acceptors (Lipinski definition) is 4. The Labute approximate surface area is 174 Å². The molecule has 0 amide bonds. The van der Waals surface area contributed by atoms with Gasteiger partial charge < -0.3 is 9.47 Å². The lowest BCUT2D eigenvalue weighted by Gasteiger charge is -2.13. The summed E-state index contributed by atoms with van der Waals surface area (Å²) in [7, 11) is 0. The van der Waals surface area contributed by atoms with Gasteiger partial charge in [-0.2, -0.15) is 0 Å². The zero-order valence-electron chi connectivity index (χ0n) is 17.5.